The number of halogens is 3. The molecule has 1 amide bonds. The summed E-state index contributed by atoms with van der Waals surface area (Å²) in [5, 5.41) is 6.37. The molecule has 232 valence electrons. The minimum Gasteiger partial charge on any atom is -0.497 e. The first kappa shape index (κ1) is 30.9. The van der Waals surface area contributed by atoms with Gasteiger partial charge in [0.15, 0.2) is 5.65 Å². The Morgan fingerprint density at radius 1 is 1.11 bits per heavy atom. The van der Waals surface area contributed by atoms with Crippen LogP contribution in [0.3, 0.4) is 0 Å². The Hall–Kier alpha value is -4.56. The smallest absolute Gasteiger partial charge is 0.416 e. The molecule has 0 saturated carbocycles. The largest absolute Gasteiger partial charge is 0.497 e. The van der Waals surface area contributed by atoms with Gasteiger partial charge in [-0.15, -0.1) is 0 Å². The predicted molar refractivity (Wildman–Crippen MR) is 159 cm³/mol. The quantitative estimate of drug-likeness (QED) is 0.255. The zero-order valence-corrected chi connectivity index (χ0v) is 24.3. The number of aromatic nitrogens is 4. The number of fused-ring (bicyclic) bond motifs is 1. The van der Waals surface area contributed by atoms with Gasteiger partial charge >= 0.3 is 11.9 Å². The molecule has 0 bridgehead atoms. The normalized spacial score (nSPS) is 14.0. The molecule has 14 heteroatoms. The number of nitrogens with one attached hydrogen (secondary N) is 2. The number of benzene rings is 2. The van der Waals surface area contributed by atoms with Gasteiger partial charge in [0, 0.05) is 54.9 Å². The van der Waals surface area contributed by atoms with E-state index < -0.39 is 23.3 Å². The van der Waals surface area contributed by atoms with Gasteiger partial charge in [-0.05, 0) is 43.7 Å². The number of aryl methyl sites for hydroxylation is 1. The van der Waals surface area contributed by atoms with Crippen LogP contribution in [0.25, 0.3) is 16.7 Å². The monoisotopic (exact) mass is 611 g/mol. The summed E-state index contributed by atoms with van der Waals surface area (Å²) in [5.74, 6) is -0.0794. The summed E-state index contributed by atoms with van der Waals surface area (Å²) in [6.45, 7) is 6.78. The fourth-order valence-corrected chi connectivity index (χ4v) is 5.01. The number of anilines is 2. The lowest BCUT2D eigenvalue weighted by Crippen LogP contribution is -2.37. The number of carbonyl (C=O) groups excluding carboxylic acids is 1. The topological polar surface area (TPSA) is 124 Å². The number of ether oxygens (including phenoxy) is 2. The maximum atomic E-state index is 13.4. The van der Waals surface area contributed by atoms with E-state index in [1.54, 1.807) is 12.3 Å². The molecule has 3 heterocycles. The fraction of sp³-hybridized carbons (Fsp3) is 0.367. The van der Waals surface area contributed by atoms with E-state index in [0.29, 0.717) is 41.4 Å². The van der Waals surface area contributed by atoms with E-state index in [2.05, 4.69) is 30.5 Å². The van der Waals surface area contributed by atoms with Gasteiger partial charge in [0.1, 0.15) is 5.75 Å². The average Bonchev–Trinajstić information content (AvgIpc) is 3.02. The number of alkyl halides is 3. The van der Waals surface area contributed by atoms with Crippen LogP contribution in [0, 0.1) is 0 Å². The number of hydrogen-bond acceptors (Lipinski definition) is 9. The zero-order chi connectivity index (χ0) is 31.3. The van der Waals surface area contributed by atoms with Crippen molar-refractivity contribution in [3.63, 3.8) is 0 Å². The molecule has 1 fully saturated rings. The predicted octanol–water partition coefficient (Wildman–Crippen LogP) is 4.15. The number of amides is 1. The van der Waals surface area contributed by atoms with E-state index in [1.807, 2.05) is 6.92 Å². The third-order valence-corrected chi connectivity index (χ3v) is 7.21. The van der Waals surface area contributed by atoms with Gasteiger partial charge in [-0.1, -0.05) is 13.0 Å². The molecule has 1 aliphatic rings. The Bertz CT molecular complexity index is 1700. The molecule has 2 aromatic heterocycles. The van der Waals surface area contributed by atoms with Crippen molar-refractivity contribution in [1.82, 2.24) is 24.4 Å². The van der Waals surface area contributed by atoms with Crippen molar-refractivity contribution in [3.05, 3.63) is 76.0 Å². The van der Waals surface area contributed by atoms with E-state index in [4.69, 9.17) is 9.47 Å². The van der Waals surface area contributed by atoms with E-state index in [-0.39, 0.29) is 16.9 Å². The molecule has 0 unspecified atom stereocenters. The van der Waals surface area contributed by atoms with E-state index in [9.17, 15) is 22.8 Å². The van der Waals surface area contributed by atoms with Crippen molar-refractivity contribution < 1.29 is 27.4 Å². The van der Waals surface area contributed by atoms with Crippen LogP contribution < -0.4 is 21.1 Å². The van der Waals surface area contributed by atoms with E-state index in [1.165, 1.54) is 29.9 Å². The van der Waals surface area contributed by atoms with Crippen LogP contribution in [0.4, 0.5) is 24.8 Å². The van der Waals surface area contributed by atoms with Crippen molar-refractivity contribution in [2.24, 2.45) is 0 Å². The van der Waals surface area contributed by atoms with Crippen LogP contribution in [0.1, 0.15) is 35.0 Å². The zero-order valence-electron chi connectivity index (χ0n) is 24.3. The highest BCUT2D eigenvalue weighted by molar-refractivity contribution is 6.04. The van der Waals surface area contributed by atoms with Crippen molar-refractivity contribution >= 4 is 28.6 Å². The van der Waals surface area contributed by atoms with Crippen molar-refractivity contribution in [3.8, 4) is 11.4 Å². The van der Waals surface area contributed by atoms with Crippen molar-refractivity contribution in [2.75, 3.05) is 57.1 Å². The first-order chi connectivity index (χ1) is 21.2. The summed E-state index contributed by atoms with van der Waals surface area (Å²) >= 11 is 0. The molecule has 0 atom stereocenters. The summed E-state index contributed by atoms with van der Waals surface area (Å²) < 4.78 is 51.7. The summed E-state index contributed by atoms with van der Waals surface area (Å²) in [6, 6.07) is 8.73. The molecule has 2 aromatic carbocycles. The molecule has 11 nitrogen and oxygen atoms in total. The van der Waals surface area contributed by atoms with Crippen LogP contribution in [0.2, 0.25) is 0 Å². The van der Waals surface area contributed by atoms with Gasteiger partial charge in [0.2, 0.25) is 5.95 Å². The van der Waals surface area contributed by atoms with Crippen LogP contribution in [0.15, 0.2) is 53.5 Å². The number of methoxy groups -OCH3 is 1. The van der Waals surface area contributed by atoms with Gasteiger partial charge in [-0.25, -0.2) is 9.78 Å². The SMILES string of the molecule is CCc1c2cnc(NCCCN3CCOCC3)nc2nc(=O)n1-c1cc(NC(=O)c2cccc(C(F)(F)F)c2)cc(OC)c1. The molecule has 2 N–H and O–H groups in total. The Morgan fingerprint density at radius 2 is 1.91 bits per heavy atom. The van der Waals surface area contributed by atoms with Crippen LogP contribution >= 0.6 is 0 Å². The standard InChI is InChI=1S/C30H32F3N7O4/c1-3-25-24-18-35-28(34-8-5-9-39-10-12-44-13-11-39)37-26(24)38-29(42)40(25)22-15-21(16-23(17-22)43-2)36-27(41)19-6-4-7-20(14-19)30(31,32)33/h4,6-7,14-18H,3,5,8-13H2,1-2H3,(H,36,41)(H,34,37,38,42). The van der Waals surface area contributed by atoms with E-state index >= 15 is 0 Å². The highest BCUT2D eigenvalue weighted by atomic mass is 19.4. The lowest BCUT2D eigenvalue weighted by Gasteiger charge is -2.26. The van der Waals surface area contributed by atoms with Gasteiger partial charge in [0.25, 0.3) is 5.91 Å². The molecule has 5 rings (SSSR count). The molecule has 1 aliphatic heterocycles. The Balaban J connectivity index is 1.39. The third kappa shape index (κ3) is 7.14. The lowest BCUT2D eigenvalue weighted by atomic mass is 10.1. The van der Waals surface area contributed by atoms with Gasteiger partial charge < -0.3 is 20.1 Å². The highest BCUT2D eigenvalue weighted by Crippen LogP contribution is 2.30. The maximum Gasteiger partial charge on any atom is 0.416 e. The first-order valence-corrected chi connectivity index (χ1v) is 14.2. The third-order valence-electron chi connectivity index (χ3n) is 7.21. The molecule has 0 aliphatic carbocycles. The van der Waals surface area contributed by atoms with Crippen LogP contribution in [-0.2, 0) is 17.3 Å². The second-order valence-corrected chi connectivity index (χ2v) is 10.1. The second kappa shape index (κ2) is 13.4. The van der Waals surface area contributed by atoms with Crippen molar-refractivity contribution in [1.29, 1.82) is 0 Å². The summed E-state index contributed by atoms with van der Waals surface area (Å²) in [4.78, 5) is 41.7. The minimum atomic E-state index is -4.59. The number of nitrogens with zero attached hydrogens (tertiary/aromatic N) is 5. The van der Waals surface area contributed by atoms with E-state index in [0.717, 1.165) is 57.5 Å². The molecular formula is C30H32F3N7O4. The van der Waals surface area contributed by atoms with Crippen LogP contribution in [0.5, 0.6) is 5.75 Å². The number of hydrogen-bond donors (Lipinski definition) is 2. The second-order valence-electron chi connectivity index (χ2n) is 10.1. The summed E-state index contributed by atoms with van der Waals surface area (Å²) in [6.07, 6.45) is -1.67. The molecule has 4 aromatic rings. The summed E-state index contributed by atoms with van der Waals surface area (Å²) in [7, 11) is 1.42. The molecule has 0 spiro atoms. The van der Waals surface area contributed by atoms with Gasteiger partial charge in [-0.2, -0.15) is 23.1 Å². The number of morpholine rings is 1. The number of carbonyl (C=O) groups is 1. The maximum absolute atomic E-state index is 13.4. The Morgan fingerprint density at radius 3 is 2.64 bits per heavy atom. The Kier molecular flexibility index (Phi) is 9.40. The molecule has 44 heavy (non-hydrogen) atoms. The van der Waals surface area contributed by atoms with Crippen molar-refractivity contribution in [2.45, 2.75) is 25.9 Å². The molecule has 0 radical (unpaired) electrons. The minimum absolute atomic E-state index is 0.175. The van der Waals surface area contributed by atoms with Crippen LogP contribution in [-0.4, -0.2) is 76.8 Å². The molecule has 1 saturated heterocycles. The Labute approximate surface area is 251 Å². The van der Waals surface area contributed by atoms with Gasteiger partial charge in [0.05, 0.1) is 37.0 Å². The average molecular weight is 612 g/mol. The molecular weight excluding hydrogens is 579 g/mol. The first-order valence-electron chi connectivity index (χ1n) is 14.2. The highest BCUT2D eigenvalue weighted by Gasteiger charge is 2.31. The van der Waals surface area contributed by atoms with Gasteiger partial charge in [-0.3, -0.25) is 14.3 Å². The summed E-state index contributed by atoms with van der Waals surface area (Å²) in [5.41, 5.74) is -0.335. The lowest BCUT2D eigenvalue weighted by molar-refractivity contribution is -0.137. The number of rotatable bonds is 10. The fourth-order valence-electron chi connectivity index (χ4n) is 5.01.